The van der Waals surface area contributed by atoms with Crippen LogP contribution < -0.4 is 5.32 Å². The second kappa shape index (κ2) is 5.61. The van der Waals surface area contributed by atoms with E-state index in [-0.39, 0.29) is 0 Å². The van der Waals surface area contributed by atoms with E-state index in [2.05, 4.69) is 40.6 Å². The second-order valence-corrected chi connectivity index (χ2v) is 5.29. The third kappa shape index (κ3) is 2.73. The largest absolute Gasteiger partial charge is 0.380 e. The molecular formula is C15H21N3O. The maximum Gasteiger partial charge on any atom is 0.0881 e. The summed E-state index contributed by atoms with van der Waals surface area (Å²) in [7, 11) is 0. The number of aromatic amines is 1. The summed E-state index contributed by atoms with van der Waals surface area (Å²) < 4.78 is 5.80. The van der Waals surface area contributed by atoms with Crippen molar-refractivity contribution in [2.75, 3.05) is 11.9 Å². The summed E-state index contributed by atoms with van der Waals surface area (Å²) in [6.45, 7) is 3.08. The summed E-state index contributed by atoms with van der Waals surface area (Å²) in [5.74, 6) is 0. The summed E-state index contributed by atoms with van der Waals surface area (Å²) >= 11 is 0. The molecule has 0 aliphatic carbocycles. The van der Waals surface area contributed by atoms with E-state index in [9.17, 15) is 0 Å². The molecule has 1 aromatic carbocycles. The molecule has 1 aliphatic heterocycles. The molecule has 4 heteroatoms. The highest BCUT2D eigenvalue weighted by Gasteiger charge is 2.22. The minimum absolute atomic E-state index is 0.414. The number of aromatic nitrogens is 2. The Morgan fingerprint density at radius 1 is 1.47 bits per heavy atom. The molecule has 2 unspecified atom stereocenters. The molecule has 4 nitrogen and oxygen atoms in total. The first kappa shape index (κ1) is 12.5. The maximum absolute atomic E-state index is 5.80. The van der Waals surface area contributed by atoms with Crippen LogP contribution in [-0.2, 0) is 4.74 Å². The van der Waals surface area contributed by atoms with Crippen molar-refractivity contribution in [2.45, 2.75) is 44.8 Å². The third-order valence-electron chi connectivity index (χ3n) is 3.81. The standard InChI is InChI=1S/C15H21N3O/c1-2-4-13-9-12(7-8-19-13)17-14-6-3-5-11-10-16-18-15(11)14/h3,5-6,10,12-13,17H,2,4,7-9H2,1H3,(H,16,18). The lowest BCUT2D eigenvalue weighted by Crippen LogP contribution is -2.34. The molecule has 0 radical (unpaired) electrons. The van der Waals surface area contributed by atoms with E-state index >= 15 is 0 Å². The molecule has 1 saturated heterocycles. The SMILES string of the molecule is CCCC1CC(Nc2cccc3cn[nH]c23)CCO1. The quantitative estimate of drug-likeness (QED) is 0.885. The lowest BCUT2D eigenvalue weighted by Gasteiger charge is -2.30. The Labute approximate surface area is 113 Å². The van der Waals surface area contributed by atoms with Gasteiger partial charge in [0.05, 0.1) is 23.5 Å². The van der Waals surface area contributed by atoms with Gasteiger partial charge in [-0.15, -0.1) is 0 Å². The average molecular weight is 259 g/mol. The number of benzene rings is 1. The highest BCUT2D eigenvalue weighted by atomic mass is 16.5. The van der Waals surface area contributed by atoms with Gasteiger partial charge < -0.3 is 10.1 Å². The normalized spacial score (nSPS) is 23.6. The Hall–Kier alpha value is -1.55. The van der Waals surface area contributed by atoms with Gasteiger partial charge in [-0.3, -0.25) is 5.10 Å². The van der Waals surface area contributed by atoms with Gasteiger partial charge in [0.1, 0.15) is 0 Å². The van der Waals surface area contributed by atoms with Crippen LogP contribution in [0.1, 0.15) is 32.6 Å². The number of ether oxygens (including phenoxy) is 1. The lowest BCUT2D eigenvalue weighted by atomic mass is 9.99. The zero-order valence-corrected chi connectivity index (χ0v) is 11.4. The molecule has 2 heterocycles. The number of rotatable bonds is 4. The van der Waals surface area contributed by atoms with E-state index < -0.39 is 0 Å². The predicted octanol–water partition coefficient (Wildman–Crippen LogP) is 3.32. The van der Waals surface area contributed by atoms with Gasteiger partial charge >= 0.3 is 0 Å². The molecule has 1 aromatic heterocycles. The van der Waals surface area contributed by atoms with Crippen molar-refractivity contribution in [2.24, 2.45) is 0 Å². The Balaban J connectivity index is 1.72. The van der Waals surface area contributed by atoms with Gasteiger partial charge in [0.25, 0.3) is 0 Å². The number of para-hydroxylation sites is 1. The number of hydrogen-bond donors (Lipinski definition) is 2. The average Bonchev–Trinajstić information content (AvgIpc) is 2.89. The molecule has 1 fully saturated rings. The molecule has 19 heavy (non-hydrogen) atoms. The van der Waals surface area contributed by atoms with Crippen LogP contribution in [0.3, 0.4) is 0 Å². The minimum Gasteiger partial charge on any atom is -0.380 e. The zero-order valence-electron chi connectivity index (χ0n) is 11.4. The Morgan fingerprint density at radius 2 is 2.42 bits per heavy atom. The van der Waals surface area contributed by atoms with Gasteiger partial charge in [-0.25, -0.2) is 0 Å². The van der Waals surface area contributed by atoms with Gasteiger partial charge in [0, 0.05) is 18.0 Å². The fraction of sp³-hybridized carbons (Fsp3) is 0.533. The van der Waals surface area contributed by atoms with Crippen molar-refractivity contribution in [1.82, 2.24) is 10.2 Å². The molecule has 102 valence electrons. The van der Waals surface area contributed by atoms with Gasteiger partial charge in [0.15, 0.2) is 0 Å². The molecule has 2 N–H and O–H groups in total. The van der Waals surface area contributed by atoms with E-state index in [1.54, 1.807) is 0 Å². The van der Waals surface area contributed by atoms with Crippen molar-refractivity contribution >= 4 is 16.6 Å². The van der Waals surface area contributed by atoms with Gasteiger partial charge in [-0.2, -0.15) is 5.10 Å². The molecule has 2 aromatic rings. The highest BCUT2D eigenvalue weighted by molar-refractivity contribution is 5.89. The minimum atomic E-state index is 0.414. The molecule has 0 spiro atoms. The first-order valence-electron chi connectivity index (χ1n) is 7.17. The van der Waals surface area contributed by atoms with E-state index in [0.717, 1.165) is 42.5 Å². The van der Waals surface area contributed by atoms with Crippen LogP contribution in [-0.4, -0.2) is 29.0 Å². The number of hydrogen-bond acceptors (Lipinski definition) is 3. The summed E-state index contributed by atoms with van der Waals surface area (Å²) in [6.07, 6.45) is 6.80. The van der Waals surface area contributed by atoms with E-state index in [1.807, 2.05) is 6.20 Å². The molecule has 0 bridgehead atoms. The predicted molar refractivity (Wildman–Crippen MR) is 77.4 cm³/mol. The molecule has 3 rings (SSSR count). The Morgan fingerprint density at radius 3 is 3.32 bits per heavy atom. The van der Waals surface area contributed by atoms with Crippen LogP contribution in [0.25, 0.3) is 10.9 Å². The molecular weight excluding hydrogens is 238 g/mol. The monoisotopic (exact) mass is 259 g/mol. The van der Waals surface area contributed by atoms with Gasteiger partial charge in [-0.05, 0) is 25.3 Å². The topological polar surface area (TPSA) is 49.9 Å². The van der Waals surface area contributed by atoms with Gasteiger partial charge in [-0.1, -0.05) is 25.5 Å². The number of H-pyrrole nitrogens is 1. The lowest BCUT2D eigenvalue weighted by molar-refractivity contribution is 0.00599. The second-order valence-electron chi connectivity index (χ2n) is 5.29. The van der Waals surface area contributed by atoms with Crippen LogP contribution in [0.5, 0.6) is 0 Å². The summed E-state index contributed by atoms with van der Waals surface area (Å²) in [5.41, 5.74) is 2.25. The van der Waals surface area contributed by atoms with Crippen LogP contribution in [0.15, 0.2) is 24.4 Å². The molecule has 0 saturated carbocycles. The smallest absolute Gasteiger partial charge is 0.0881 e. The van der Waals surface area contributed by atoms with Crippen LogP contribution in [0.2, 0.25) is 0 Å². The van der Waals surface area contributed by atoms with Crippen LogP contribution >= 0.6 is 0 Å². The summed E-state index contributed by atoms with van der Waals surface area (Å²) in [6, 6.07) is 6.76. The number of nitrogens with one attached hydrogen (secondary N) is 2. The van der Waals surface area contributed by atoms with Crippen molar-refractivity contribution in [3.8, 4) is 0 Å². The fourth-order valence-electron chi connectivity index (χ4n) is 2.84. The van der Waals surface area contributed by atoms with E-state index in [0.29, 0.717) is 12.1 Å². The summed E-state index contributed by atoms with van der Waals surface area (Å²) in [5, 5.41) is 12.0. The Kier molecular flexibility index (Phi) is 3.69. The van der Waals surface area contributed by atoms with Crippen molar-refractivity contribution < 1.29 is 4.74 Å². The Bertz CT molecular complexity index is 535. The van der Waals surface area contributed by atoms with Crippen molar-refractivity contribution in [1.29, 1.82) is 0 Å². The van der Waals surface area contributed by atoms with Crippen LogP contribution in [0.4, 0.5) is 5.69 Å². The van der Waals surface area contributed by atoms with Crippen molar-refractivity contribution in [3.63, 3.8) is 0 Å². The highest BCUT2D eigenvalue weighted by Crippen LogP contribution is 2.25. The molecule has 1 aliphatic rings. The molecule has 2 atom stereocenters. The fourth-order valence-corrected chi connectivity index (χ4v) is 2.84. The first-order chi connectivity index (χ1) is 9.36. The third-order valence-corrected chi connectivity index (χ3v) is 3.81. The zero-order chi connectivity index (χ0) is 13.1. The van der Waals surface area contributed by atoms with Crippen molar-refractivity contribution in [3.05, 3.63) is 24.4 Å². The van der Waals surface area contributed by atoms with Gasteiger partial charge in [0.2, 0.25) is 0 Å². The maximum atomic E-state index is 5.80. The number of nitrogens with zero attached hydrogens (tertiary/aromatic N) is 1. The molecule has 0 amide bonds. The summed E-state index contributed by atoms with van der Waals surface area (Å²) in [4.78, 5) is 0. The number of fused-ring (bicyclic) bond motifs is 1. The van der Waals surface area contributed by atoms with E-state index in [1.165, 1.54) is 6.42 Å². The number of anilines is 1. The van der Waals surface area contributed by atoms with Crippen LogP contribution in [0, 0.1) is 0 Å². The van der Waals surface area contributed by atoms with E-state index in [4.69, 9.17) is 4.74 Å². The first-order valence-corrected chi connectivity index (χ1v) is 7.17.